The third-order valence-electron chi connectivity index (χ3n) is 3.11. The predicted molar refractivity (Wildman–Crippen MR) is 65.5 cm³/mol. The third kappa shape index (κ3) is 2.96. The summed E-state index contributed by atoms with van der Waals surface area (Å²) in [5, 5.41) is 0. The highest BCUT2D eigenvalue weighted by molar-refractivity contribution is 5.56. The lowest BCUT2D eigenvalue weighted by molar-refractivity contribution is -0.137. The fourth-order valence-electron chi connectivity index (χ4n) is 2.11. The van der Waals surface area contributed by atoms with Gasteiger partial charge >= 0.3 is 6.18 Å². The van der Waals surface area contributed by atoms with E-state index >= 15 is 0 Å². The standard InChI is InChI=1S/C13H17F3N2/c14-13(15,16)11-4-1-2-5-12(11)18(9-3-8-17)10-6-7-10/h1-2,4-5,10H,3,6-9,17H2. The van der Waals surface area contributed by atoms with Gasteiger partial charge in [0, 0.05) is 18.3 Å². The topological polar surface area (TPSA) is 29.3 Å². The Kier molecular flexibility index (Phi) is 3.80. The van der Waals surface area contributed by atoms with Crippen molar-refractivity contribution in [3.63, 3.8) is 0 Å². The lowest BCUT2D eigenvalue weighted by Gasteiger charge is -2.27. The summed E-state index contributed by atoms with van der Waals surface area (Å²) in [4.78, 5) is 1.86. The summed E-state index contributed by atoms with van der Waals surface area (Å²) in [6.45, 7) is 1.09. The largest absolute Gasteiger partial charge is 0.418 e. The first kappa shape index (κ1) is 13.2. The molecule has 1 aromatic carbocycles. The maximum absolute atomic E-state index is 13.0. The summed E-state index contributed by atoms with van der Waals surface area (Å²) in [6.07, 6.45) is -1.65. The van der Waals surface area contributed by atoms with Crippen LogP contribution < -0.4 is 10.6 Å². The van der Waals surface area contributed by atoms with E-state index in [-0.39, 0.29) is 6.04 Å². The second-order valence-electron chi connectivity index (χ2n) is 4.58. The SMILES string of the molecule is NCCCN(c1ccccc1C(F)(F)F)C1CC1. The van der Waals surface area contributed by atoms with Crippen LogP contribution in [-0.4, -0.2) is 19.1 Å². The summed E-state index contributed by atoms with van der Waals surface area (Å²) in [6, 6.07) is 6.04. The van der Waals surface area contributed by atoms with Gasteiger partial charge in [-0.2, -0.15) is 13.2 Å². The fraction of sp³-hybridized carbons (Fsp3) is 0.538. The summed E-state index contributed by atoms with van der Waals surface area (Å²) in [7, 11) is 0. The number of hydrogen-bond acceptors (Lipinski definition) is 2. The molecule has 0 unspecified atom stereocenters. The number of benzene rings is 1. The van der Waals surface area contributed by atoms with Gasteiger partial charge in [-0.25, -0.2) is 0 Å². The molecule has 1 saturated carbocycles. The molecule has 2 nitrogen and oxygen atoms in total. The van der Waals surface area contributed by atoms with Crippen molar-refractivity contribution >= 4 is 5.69 Å². The Hall–Kier alpha value is -1.23. The Morgan fingerprint density at radius 2 is 1.89 bits per heavy atom. The molecule has 0 bridgehead atoms. The van der Waals surface area contributed by atoms with Crippen LogP contribution in [0.2, 0.25) is 0 Å². The highest BCUT2D eigenvalue weighted by atomic mass is 19.4. The molecule has 2 rings (SSSR count). The molecule has 0 amide bonds. The van der Waals surface area contributed by atoms with Crippen molar-refractivity contribution < 1.29 is 13.2 Å². The summed E-state index contributed by atoms with van der Waals surface area (Å²) in [5.41, 5.74) is 5.20. The minimum absolute atomic E-state index is 0.250. The van der Waals surface area contributed by atoms with Crippen LogP contribution in [0.5, 0.6) is 0 Å². The first-order valence-electron chi connectivity index (χ1n) is 6.17. The van der Waals surface area contributed by atoms with Gasteiger partial charge in [0.1, 0.15) is 0 Å². The number of para-hydroxylation sites is 1. The summed E-state index contributed by atoms with van der Waals surface area (Å²) < 4.78 is 38.9. The maximum Gasteiger partial charge on any atom is 0.418 e. The second kappa shape index (κ2) is 5.18. The van der Waals surface area contributed by atoms with Crippen molar-refractivity contribution in [2.45, 2.75) is 31.5 Å². The first-order chi connectivity index (χ1) is 8.54. The Morgan fingerprint density at radius 1 is 1.22 bits per heavy atom. The molecule has 0 aliphatic heterocycles. The fourth-order valence-corrected chi connectivity index (χ4v) is 2.11. The van der Waals surface area contributed by atoms with Gasteiger partial charge in [-0.15, -0.1) is 0 Å². The van der Waals surface area contributed by atoms with E-state index in [0.717, 1.165) is 18.9 Å². The van der Waals surface area contributed by atoms with Crippen LogP contribution >= 0.6 is 0 Å². The average molecular weight is 258 g/mol. The van der Waals surface area contributed by atoms with Crippen molar-refractivity contribution in [2.75, 3.05) is 18.0 Å². The van der Waals surface area contributed by atoms with Crippen molar-refractivity contribution in [2.24, 2.45) is 5.73 Å². The molecule has 1 aromatic rings. The Labute approximate surface area is 105 Å². The van der Waals surface area contributed by atoms with E-state index in [0.29, 0.717) is 25.2 Å². The molecule has 100 valence electrons. The molecule has 2 N–H and O–H groups in total. The number of rotatable bonds is 5. The first-order valence-corrected chi connectivity index (χ1v) is 6.17. The average Bonchev–Trinajstić information content (AvgIpc) is 3.13. The van der Waals surface area contributed by atoms with Gasteiger partial charge in [0.05, 0.1) is 5.56 Å². The van der Waals surface area contributed by atoms with Crippen molar-refractivity contribution in [3.05, 3.63) is 29.8 Å². The molecule has 0 heterocycles. The zero-order chi connectivity index (χ0) is 13.2. The van der Waals surface area contributed by atoms with E-state index in [9.17, 15) is 13.2 Å². The molecule has 1 aliphatic rings. The van der Waals surface area contributed by atoms with E-state index < -0.39 is 11.7 Å². The highest BCUT2D eigenvalue weighted by Crippen LogP contribution is 2.40. The van der Waals surface area contributed by atoms with E-state index in [1.165, 1.54) is 6.07 Å². The summed E-state index contributed by atoms with van der Waals surface area (Å²) in [5.74, 6) is 0. The molecule has 0 saturated heterocycles. The quantitative estimate of drug-likeness (QED) is 0.879. The van der Waals surface area contributed by atoms with Crippen LogP contribution in [0.25, 0.3) is 0 Å². The predicted octanol–water partition coefficient (Wildman–Crippen LogP) is 3.02. The van der Waals surface area contributed by atoms with Crippen LogP contribution in [0.1, 0.15) is 24.8 Å². The number of nitrogens with two attached hydrogens (primary N) is 1. The van der Waals surface area contributed by atoms with Crippen molar-refractivity contribution in [3.8, 4) is 0 Å². The molecular weight excluding hydrogens is 241 g/mol. The van der Waals surface area contributed by atoms with E-state index in [2.05, 4.69) is 0 Å². The Morgan fingerprint density at radius 3 is 2.44 bits per heavy atom. The molecule has 18 heavy (non-hydrogen) atoms. The Bertz CT molecular complexity index is 399. The monoisotopic (exact) mass is 258 g/mol. The molecule has 0 spiro atoms. The minimum atomic E-state index is -4.30. The van der Waals surface area contributed by atoms with Gasteiger partial charge < -0.3 is 10.6 Å². The van der Waals surface area contributed by atoms with Crippen LogP contribution in [0.4, 0.5) is 18.9 Å². The molecule has 5 heteroatoms. The zero-order valence-electron chi connectivity index (χ0n) is 10.1. The smallest absolute Gasteiger partial charge is 0.368 e. The van der Waals surface area contributed by atoms with Crippen molar-refractivity contribution in [1.82, 2.24) is 0 Å². The van der Waals surface area contributed by atoms with E-state index in [4.69, 9.17) is 5.73 Å². The van der Waals surface area contributed by atoms with Gasteiger partial charge in [-0.1, -0.05) is 12.1 Å². The van der Waals surface area contributed by atoms with Crippen molar-refractivity contribution in [1.29, 1.82) is 0 Å². The van der Waals surface area contributed by atoms with Crippen LogP contribution in [-0.2, 0) is 6.18 Å². The van der Waals surface area contributed by atoms with Crippen LogP contribution in [0, 0.1) is 0 Å². The molecule has 1 aliphatic carbocycles. The lowest BCUT2D eigenvalue weighted by atomic mass is 10.1. The van der Waals surface area contributed by atoms with E-state index in [1.807, 2.05) is 4.90 Å². The highest BCUT2D eigenvalue weighted by Gasteiger charge is 2.37. The molecule has 1 fully saturated rings. The van der Waals surface area contributed by atoms with Gasteiger partial charge in [0.15, 0.2) is 0 Å². The van der Waals surface area contributed by atoms with Gasteiger partial charge in [0.25, 0.3) is 0 Å². The molecular formula is C13H17F3N2. The zero-order valence-corrected chi connectivity index (χ0v) is 10.1. The third-order valence-corrected chi connectivity index (χ3v) is 3.11. The number of halogens is 3. The molecule has 0 atom stereocenters. The molecule has 0 aromatic heterocycles. The normalized spacial score (nSPS) is 15.8. The van der Waals surface area contributed by atoms with Gasteiger partial charge in [-0.05, 0) is 37.9 Å². The number of hydrogen-bond donors (Lipinski definition) is 1. The number of anilines is 1. The number of alkyl halides is 3. The van der Waals surface area contributed by atoms with Gasteiger partial charge in [-0.3, -0.25) is 0 Å². The minimum Gasteiger partial charge on any atom is -0.368 e. The van der Waals surface area contributed by atoms with Gasteiger partial charge in [0.2, 0.25) is 0 Å². The van der Waals surface area contributed by atoms with Crippen LogP contribution in [0.3, 0.4) is 0 Å². The summed E-state index contributed by atoms with van der Waals surface area (Å²) >= 11 is 0. The van der Waals surface area contributed by atoms with Crippen LogP contribution in [0.15, 0.2) is 24.3 Å². The Balaban J connectivity index is 2.29. The number of nitrogens with zero attached hydrogens (tertiary/aromatic N) is 1. The molecule has 0 radical (unpaired) electrons. The lowest BCUT2D eigenvalue weighted by Crippen LogP contribution is -2.30. The second-order valence-corrected chi connectivity index (χ2v) is 4.58. The maximum atomic E-state index is 13.0. The van der Waals surface area contributed by atoms with E-state index in [1.54, 1.807) is 12.1 Å².